The Hall–Kier alpha value is -2.90. The van der Waals surface area contributed by atoms with E-state index >= 15 is 0 Å². The molecular weight excluding hydrogens is 368 g/mol. The highest BCUT2D eigenvalue weighted by atomic mass is 16.5. The Bertz CT molecular complexity index is 751. The van der Waals surface area contributed by atoms with E-state index in [0.717, 1.165) is 54.1 Å². The van der Waals surface area contributed by atoms with Crippen LogP contribution in [0.1, 0.15) is 79.6 Å². The quantitative estimate of drug-likeness (QED) is 0.358. The molecule has 8 heteroatoms. The van der Waals surface area contributed by atoms with Gasteiger partial charge in [-0.3, -0.25) is 0 Å². The number of carbonyl (C=O) groups excluding carboxylic acids is 4. The molecule has 0 unspecified atom stereocenters. The molecule has 0 fully saturated rings. The number of unbranched alkanes of at least 4 members (excludes halogenated alkanes) is 3. The molecule has 0 heterocycles. The summed E-state index contributed by atoms with van der Waals surface area (Å²) in [5, 5.41) is 0. The first kappa shape index (κ1) is 23.1. The molecular formula is C20H26O8. The van der Waals surface area contributed by atoms with E-state index in [4.69, 9.17) is 18.9 Å². The van der Waals surface area contributed by atoms with Crippen LogP contribution in [0.25, 0.3) is 0 Å². The Morgan fingerprint density at radius 2 is 1.18 bits per heavy atom. The second kappa shape index (κ2) is 11.1. The van der Waals surface area contributed by atoms with Gasteiger partial charge in [-0.15, -0.1) is 0 Å². The van der Waals surface area contributed by atoms with Crippen LogP contribution in [0.5, 0.6) is 0 Å². The summed E-state index contributed by atoms with van der Waals surface area (Å²) in [6, 6.07) is 1.38. The van der Waals surface area contributed by atoms with Crippen LogP contribution in [0.3, 0.4) is 0 Å². The van der Waals surface area contributed by atoms with Gasteiger partial charge in [0, 0.05) is 0 Å². The minimum atomic E-state index is -0.969. The molecule has 28 heavy (non-hydrogen) atoms. The number of ether oxygens (including phenoxy) is 4. The molecule has 0 aliphatic heterocycles. The summed E-state index contributed by atoms with van der Waals surface area (Å²) in [7, 11) is 4.52. The van der Waals surface area contributed by atoms with Gasteiger partial charge in [0.1, 0.15) is 0 Å². The highest BCUT2D eigenvalue weighted by Gasteiger charge is 2.34. The summed E-state index contributed by atoms with van der Waals surface area (Å²) in [5.74, 6) is -3.57. The van der Waals surface area contributed by atoms with Crippen LogP contribution >= 0.6 is 0 Å². The van der Waals surface area contributed by atoms with Gasteiger partial charge in [-0.25, -0.2) is 19.2 Å². The van der Waals surface area contributed by atoms with Crippen molar-refractivity contribution >= 4 is 23.9 Å². The molecule has 0 saturated carbocycles. The summed E-state index contributed by atoms with van der Waals surface area (Å²) in [6.45, 7) is 2.07. The number of hydrogen-bond donors (Lipinski definition) is 0. The third-order valence-corrected chi connectivity index (χ3v) is 4.28. The van der Waals surface area contributed by atoms with Crippen LogP contribution < -0.4 is 0 Å². The number of rotatable bonds is 9. The first-order valence-corrected chi connectivity index (χ1v) is 8.90. The fourth-order valence-electron chi connectivity index (χ4n) is 2.90. The first-order chi connectivity index (χ1) is 13.4. The van der Waals surface area contributed by atoms with E-state index < -0.39 is 23.9 Å². The molecule has 1 rings (SSSR count). The number of methoxy groups -OCH3 is 4. The maximum absolute atomic E-state index is 12.5. The fraction of sp³-hybridized carbons (Fsp3) is 0.500. The van der Waals surface area contributed by atoms with Crippen LogP contribution in [-0.2, 0) is 25.4 Å². The Labute approximate surface area is 164 Å². The highest BCUT2D eigenvalue weighted by Crippen LogP contribution is 2.28. The van der Waals surface area contributed by atoms with Crippen LogP contribution in [-0.4, -0.2) is 52.3 Å². The van der Waals surface area contributed by atoms with E-state index in [9.17, 15) is 19.2 Å². The predicted molar refractivity (Wildman–Crippen MR) is 99.6 cm³/mol. The number of benzene rings is 1. The topological polar surface area (TPSA) is 105 Å². The average molecular weight is 394 g/mol. The van der Waals surface area contributed by atoms with Gasteiger partial charge in [0.05, 0.1) is 50.7 Å². The maximum Gasteiger partial charge on any atom is 0.339 e. The molecule has 0 N–H and O–H groups in total. The van der Waals surface area contributed by atoms with Crippen LogP contribution in [0.4, 0.5) is 0 Å². The molecule has 0 bridgehead atoms. The third kappa shape index (κ3) is 5.09. The largest absolute Gasteiger partial charge is 0.465 e. The minimum Gasteiger partial charge on any atom is -0.465 e. The number of esters is 4. The first-order valence-electron chi connectivity index (χ1n) is 8.90. The molecule has 1 aromatic carbocycles. The number of hydrogen-bond acceptors (Lipinski definition) is 8. The zero-order valence-corrected chi connectivity index (χ0v) is 16.9. The summed E-state index contributed by atoms with van der Waals surface area (Å²) < 4.78 is 19.1. The van der Waals surface area contributed by atoms with Gasteiger partial charge in [0.2, 0.25) is 0 Å². The molecule has 0 amide bonds. The lowest BCUT2D eigenvalue weighted by Crippen LogP contribution is -2.24. The lowest BCUT2D eigenvalue weighted by atomic mass is 9.88. The lowest BCUT2D eigenvalue weighted by molar-refractivity contribution is 0.0520. The molecule has 0 spiro atoms. The Kier molecular flexibility index (Phi) is 9.14. The minimum absolute atomic E-state index is 0.112. The van der Waals surface area contributed by atoms with Crippen molar-refractivity contribution in [3.8, 4) is 0 Å². The highest BCUT2D eigenvalue weighted by molar-refractivity contribution is 6.15. The SMILES string of the molecule is CCCCCCc1cc(C(=O)OC)c(C(=O)OC)c(C(=O)OC)c1C(=O)OC. The third-order valence-electron chi connectivity index (χ3n) is 4.28. The summed E-state index contributed by atoms with van der Waals surface area (Å²) in [5.41, 5.74) is -0.642. The second-order valence-electron chi connectivity index (χ2n) is 5.99. The summed E-state index contributed by atoms with van der Waals surface area (Å²) in [6.07, 6.45) is 4.04. The van der Waals surface area contributed by atoms with Crippen molar-refractivity contribution in [1.82, 2.24) is 0 Å². The van der Waals surface area contributed by atoms with Crippen molar-refractivity contribution in [1.29, 1.82) is 0 Å². The molecule has 0 atom stereocenters. The zero-order valence-electron chi connectivity index (χ0n) is 16.9. The number of aryl methyl sites for hydroxylation is 1. The Morgan fingerprint density at radius 1 is 0.679 bits per heavy atom. The van der Waals surface area contributed by atoms with Crippen LogP contribution in [0, 0.1) is 0 Å². The lowest BCUT2D eigenvalue weighted by Gasteiger charge is -2.18. The molecule has 1 aromatic rings. The molecule has 0 radical (unpaired) electrons. The summed E-state index contributed by atoms with van der Waals surface area (Å²) >= 11 is 0. The van der Waals surface area contributed by atoms with Gasteiger partial charge in [0.15, 0.2) is 0 Å². The van der Waals surface area contributed by atoms with E-state index in [1.807, 2.05) is 0 Å². The van der Waals surface area contributed by atoms with Gasteiger partial charge >= 0.3 is 23.9 Å². The van der Waals surface area contributed by atoms with Gasteiger partial charge < -0.3 is 18.9 Å². The number of carbonyl (C=O) groups is 4. The van der Waals surface area contributed by atoms with Crippen LogP contribution in [0.15, 0.2) is 6.07 Å². The van der Waals surface area contributed by atoms with Crippen LogP contribution in [0.2, 0.25) is 0 Å². The van der Waals surface area contributed by atoms with Crippen molar-refractivity contribution in [3.63, 3.8) is 0 Å². The molecule has 0 saturated heterocycles. The van der Waals surface area contributed by atoms with E-state index in [-0.39, 0.29) is 22.3 Å². The van der Waals surface area contributed by atoms with Gasteiger partial charge in [-0.05, 0) is 24.5 Å². The van der Waals surface area contributed by atoms with Crippen molar-refractivity contribution in [3.05, 3.63) is 33.9 Å². The van der Waals surface area contributed by atoms with E-state index in [1.165, 1.54) is 6.07 Å². The molecule has 0 aliphatic carbocycles. The monoisotopic (exact) mass is 394 g/mol. The summed E-state index contributed by atoms with van der Waals surface area (Å²) in [4.78, 5) is 49.7. The zero-order chi connectivity index (χ0) is 21.3. The van der Waals surface area contributed by atoms with Crippen molar-refractivity contribution in [2.24, 2.45) is 0 Å². The average Bonchev–Trinajstić information content (AvgIpc) is 2.73. The van der Waals surface area contributed by atoms with Gasteiger partial charge in [-0.2, -0.15) is 0 Å². The predicted octanol–water partition coefficient (Wildman–Crippen LogP) is 2.96. The second-order valence-corrected chi connectivity index (χ2v) is 5.99. The Balaban J connectivity index is 3.83. The van der Waals surface area contributed by atoms with Gasteiger partial charge in [0.25, 0.3) is 0 Å². The van der Waals surface area contributed by atoms with E-state index in [0.29, 0.717) is 12.0 Å². The van der Waals surface area contributed by atoms with Crippen molar-refractivity contribution in [2.75, 3.05) is 28.4 Å². The normalized spacial score (nSPS) is 10.2. The van der Waals surface area contributed by atoms with Crippen molar-refractivity contribution < 1.29 is 38.1 Å². The van der Waals surface area contributed by atoms with E-state index in [1.54, 1.807) is 0 Å². The molecule has 8 nitrogen and oxygen atoms in total. The standard InChI is InChI=1S/C20H26O8/c1-6-7-8-9-10-12-11-13(17(21)25-2)15(19(23)27-4)16(20(24)28-5)14(12)18(22)26-3/h11H,6-10H2,1-5H3. The molecule has 0 aliphatic rings. The molecule has 0 aromatic heterocycles. The Morgan fingerprint density at radius 3 is 1.68 bits per heavy atom. The van der Waals surface area contributed by atoms with Crippen molar-refractivity contribution in [2.45, 2.75) is 39.0 Å². The van der Waals surface area contributed by atoms with E-state index in [2.05, 4.69) is 6.92 Å². The fourth-order valence-corrected chi connectivity index (χ4v) is 2.90. The molecule has 154 valence electrons. The smallest absolute Gasteiger partial charge is 0.339 e. The maximum atomic E-state index is 12.5. The van der Waals surface area contributed by atoms with Gasteiger partial charge in [-0.1, -0.05) is 26.2 Å².